The molecule has 232 valence electrons. The van der Waals surface area contributed by atoms with E-state index in [0.29, 0.717) is 27.2 Å². The highest BCUT2D eigenvalue weighted by Crippen LogP contribution is 2.31. The van der Waals surface area contributed by atoms with Crippen LogP contribution in [0.2, 0.25) is 20.1 Å². The largest absolute Gasteiger partial charge is 0.354 e. The zero-order valence-electron chi connectivity index (χ0n) is 24.0. The third-order valence-electron chi connectivity index (χ3n) is 6.79. The molecule has 3 rings (SSSR count). The van der Waals surface area contributed by atoms with Gasteiger partial charge in [0.15, 0.2) is 0 Å². The fourth-order valence-electron chi connectivity index (χ4n) is 4.55. The van der Waals surface area contributed by atoms with Crippen LogP contribution in [0.5, 0.6) is 0 Å². The summed E-state index contributed by atoms with van der Waals surface area (Å²) in [6.07, 6.45) is 3.17. The summed E-state index contributed by atoms with van der Waals surface area (Å²) >= 11 is 25.0. The average molecular weight is 688 g/mol. The number of hydrogen-bond acceptors (Lipinski definition) is 4. The van der Waals surface area contributed by atoms with Crippen molar-refractivity contribution in [2.45, 2.75) is 51.6 Å². The maximum atomic E-state index is 13.9. The Balaban J connectivity index is 1.92. The Hall–Kier alpha value is -2.49. The van der Waals surface area contributed by atoms with Crippen molar-refractivity contribution in [3.05, 3.63) is 97.9 Å². The Bertz CT molecular complexity index is 1510. The normalized spacial score (nSPS) is 12.0. The van der Waals surface area contributed by atoms with Crippen LogP contribution >= 0.6 is 46.4 Å². The number of hydrogen-bond donors (Lipinski definition) is 1. The zero-order chi connectivity index (χ0) is 31.6. The summed E-state index contributed by atoms with van der Waals surface area (Å²) in [5.74, 6) is -0.609. The van der Waals surface area contributed by atoms with Crippen LogP contribution in [0.15, 0.2) is 66.7 Å². The third kappa shape index (κ3) is 10.6. The molecule has 12 heteroatoms. The SMILES string of the molecule is CCCCNC(=O)[C@H](Cc1ccccc1)N(Cc1ccc(Cl)cc1Cl)C(=O)CCCN(c1cc(Cl)ccc1Cl)S(C)(=O)=O. The molecule has 0 unspecified atom stereocenters. The van der Waals surface area contributed by atoms with Crippen LogP contribution in [0, 0.1) is 0 Å². The van der Waals surface area contributed by atoms with Crippen molar-refractivity contribution in [1.29, 1.82) is 0 Å². The fourth-order valence-corrected chi connectivity index (χ4v) is 6.43. The number of amides is 2. The molecule has 0 spiro atoms. The molecule has 2 amide bonds. The van der Waals surface area contributed by atoms with Crippen LogP contribution in [0.3, 0.4) is 0 Å². The number of carbonyl (C=O) groups is 2. The van der Waals surface area contributed by atoms with E-state index >= 15 is 0 Å². The minimum atomic E-state index is -3.75. The number of benzene rings is 3. The van der Waals surface area contributed by atoms with E-state index in [2.05, 4.69) is 5.32 Å². The highest BCUT2D eigenvalue weighted by molar-refractivity contribution is 7.92. The first-order valence-corrected chi connectivity index (χ1v) is 17.2. The summed E-state index contributed by atoms with van der Waals surface area (Å²) in [7, 11) is -3.75. The van der Waals surface area contributed by atoms with E-state index in [1.165, 1.54) is 17.0 Å². The molecule has 0 aliphatic carbocycles. The smallest absolute Gasteiger partial charge is 0.243 e. The Labute approximate surface area is 274 Å². The maximum absolute atomic E-state index is 13.9. The van der Waals surface area contributed by atoms with Crippen LogP contribution < -0.4 is 9.62 Å². The molecule has 0 heterocycles. The lowest BCUT2D eigenvalue weighted by Gasteiger charge is -2.32. The number of nitrogens with one attached hydrogen (secondary N) is 1. The Morgan fingerprint density at radius 3 is 2.21 bits per heavy atom. The number of carbonyl (C=O) groups excluding carboxylic acids is 2. The second-order valence-corrected chi connectivity index (χ2v) is 13.7. The van der Waals surface area contributed by atoms with E-state index in [9.17, 15) is 18.0 Å². The summed E-state index contributed by atoms with van der Waals surface area (Å²) in [6, 6.07) is 18.2. The second kappa shape index (κ2) is 16.5. The summed E-state index contributed by atoms with van der Waals surface area (Å²) in [5, 5.41) is 4.33. The molecule has 43 heavy (non-hydrogen) atoms. The summed E-state index contributed by atoms with van der Waals surface area (Å²) in [5.41, 5.74) is 1.74. The van der Waals surface area contributed by atoms with Gasteiger partial charge in [-0.25, -0.2) is 8.42 Å². The predicted octanol–water partition coefficient (Wildman–Crippen LogP) is 7.40. The molecular formula is C31H35Cl4N3O4S. The average Bonchev–Trinajstić information content (AvgIpc) is 2.95. The molecule has 0 saturated heterocycles. The minimum absolute atomic E-state index is 0.0216. The molecule has 0 saturated carbocycles. The fraction of sp³-hybridized carbons (Fsp3) is 0.355. The third-order valence-corrected chi connectivity index (χ3v) is 9.11. The van der Waals surface area contributed by atoms with E-state index in [-0.39, 0.29) is 54.9 Å². The first-order chi connectivity index (χ1) is 20.4. The van der Waals surface area contributed by atoms with E-state index in [1.807, 2.05) is 37.3 Å². The molecule has 0 radical (unpaired) electrons. The van der Waals surface area contributed by atoms with Crippen LogP contribution in [0.25, 0.3) is 0 Å². The van der Waals surface area contributed by atoms with E-state index in [0.717, 1.165) is 29.0 Å². The van der Waals surface area contributed by atoms with Crippen molar-refractivity contribution in [2.75, 3.05) is 23.7 Å². The predicted molar refractivity (Wildman–Crippen MR) is 177 cm³/mol. The number of halogens is 4. The summed E-state index contributed by atoms with van der Waals surface area (Å²) in [4.78, 5) is 29.0. The first kappa shape index (κ1) is 35.0. The zero-order valence-corrected chi connectivity index (χ0v) is 27.9. The second-order valence-electron chi connectivity index (χ2n) is 10.1. The summed E-state index contributed by atoms with van der Waals surface area (Å²) < 4.78 is 26.5. The van der Waals surface area contributed by atoms with Gasteiger partial charge < -0.3 is 10.2 Å². The quantitative estimate of drug-likeness (QED) is 0.169. The molecule has 1 N–H and O–H groups in total. The topological polar surface area (TPSA) is 86.8 Å². The Morgan fingerprint density at radius 1 is 0.884 bits per heavy atom. The number of anilines is 1. The van der Waals surface area contributed by atoms with Crippen molar-refractivity contribution in [3.63, 3.8) is 0 Å². The lowest BCUT2D eigenvalue weighted by Crippen LogP contribution is -2.50. The van der Waals surface area contributed by atoms with Crippen LogP contribution in [0.4, 0.5) is 5.69 Å². The first-order valence-electron chi connectivity index (χ1n) is 13.9. The molecule has 0 aromatic heterocycles. The minimum Gasteiger partial charge on any atom is -0.354 e. The molecule has 0 fully saturated rings. The van der Waals surface area contributed by atoms with E-state index < -0.39 is 16.1 Å². The van der Waals surface area contributed by atoms with Gasteiger partial charge in [-0.05, 0) is 54.3 Å². The highest BCUT2D eigenvalue weighted by Gasteiger charge is 2.31. The monoisotopic (exact) mass is 685 g/mol. The molecule has 0 aliphatic rings. The lowest BCUT2D eigenvalue weighted by molar-refractivity contribution is -0.141. The standard InChI is InChI=1S/C31H35Cl4N3O4S/c1-3-4-16-36-31(40)29(18-22-9-6-5-7-10-22)37(21-23-12-13-24(32)19-27(23)35)30(39)11-8-17-38(43(2,41)42)28-20-25(33)14-15-26(28)34/h5-7,9-10,12-15,19-20,29H,3-4,8,11,16-18,21H2,1-2H3,(H,36,40)/t29-/m0/s1. The van der Waals surface area contributed by atoms with Crippen molar-refractivity contribution < 1.29 is 18.0 Å². The lowest BCUT2D eigenvalue weighted by atomic mass is 10.0. The van der Waals surface area contributed by atoms with Gasteiger partial charge in [0.05, 0.1) is 17.0 Å². The highest BCUT2D eigenvalue weighted by atomic mass is 35.5. The van der Waals surface area contributed by atoms with Gasteiger partial charge in [0.2, 0.25) is 21.8 Å². The van der Waals surface area contributed by atoms with Crippen molar-refractivity contribution >= 4 is 73.9 Å². The van der Waals surface area contributed by atoms with Gasteiger partial charge >= 0.3 is 0 Å². The van der Waals surface area contributed by atoms with Crippen LogP contribution in [-0.2, 0) is 32.6 Å². The molecule has 0 aliphatic heterocycles. The number of unbranched alkanes of at least 4 members (excludes halogenated alkanes) is 1. The van der Waals surface area contributed by atoms with Crippen LogP contribution in [0.1, 0.15) is 43.7 Å². The van der Waals surface area contributed by atoms with Gasteiger partial charge in [0.1, 0.15) is 6.04 Å². The van der Waals surface area contributed by atoms with E-state index in [4.69, 9.17) is 46.4 Å². The van der Waals surface area contributed by atoms with Gasteiger partial charge in [-0.1, -0.05) is 96.1 Å². The maximum Gasteiger partial charge on any atom is 0.243 e. The number of rotatable bonds is 15. The van der Waals surface area contributed by atoms with Gasteiger partial charge in [-0.3, -0.25) is 13.9 Å². The molecule has 0 bridgehead atoms. The Kier molecular flexibility index (Phi) is 13.5. The molecule has 3 aromatic rings. The molecular weight excluding hydrogens is 652 g/mol. The summed E-state index contributed by atoms with van der Waals surface area (Å²) in [6.45, 7) is 2.55. The molecule has 1 atom stereocenters. The van der Waals surface area contributed by atoms with Gasteiger partial charge in [-0.2, -0.15) is 0 Å². The van der Waals surface area contributed by atoms with Gasteiger partial charge in [-0.15, -0.1) is 0 Å². The van der Waals surface area contributed by atoms with Gasteiger partial charge in [0, 0.05) is 47.5 Å². The molecule has 3 aromatic carbocycles. The number of sulfonamides is 1. The molecule has 7 nitrogen and oxygen atoms in total. The Morgan fingerprint density at radius 2 is 1.56 bits per heavy atom. The van der Waals surface area contributed by atoms with Crippen LogP contribution in [-0.4, -0.2) is 50.5 Å². The number of nitrogens with zero attached hydrogens (tertiary/aromatic N) is 2. The van der Waals surface area contributed by atoms with Crippen molar-refractivity contribution in [3.8, 4) is 0 Å². The van der Waals surface area contributed by atoms with Crippen molar-refractivity contribution in [1.82, 2.24) is 10.2 Å². The van der Waals surface area contributed by atoms with Gasteiger partial charge in [0.25, 0.3) is 0 Å². The van der Waals surface area contributed by atoms with Crippen molar-refractivity contribution in [2.24, 2.45) is 0 Å². The van der Waals surface area contributed by atoms with E-state index in [1.54, 1.807) is 24.3 Å².